The molecule has 2 amide bonds. The Hall–Kier alpha value is -2.91. The van der Waals surface area contributed by atoms with Crippen LogP contribution in [0.2, 0.25) is 0 Å². The number of ether oxygens (including phenoxy) is 1. The predicted molar refractivity (Wildman–Crippen MR) is 168 cm³/mol. The third kappa shape index (κ3) is 8.80. The van der Waals surface area contributed by atoms with E-state index in [9.17, 15) is 14.7 Å². The molecule has 1 aromatic heterocycles. The van der Waals surface area contributed by atoms with E-state index in [0.29, 0.717) is 36.4 Å². The van der Waals surface area contributed by atoms with Crippen molar-refractivity contribution in [2.75, 3.05) is 57.9 Å². The maximum absolute atomic E-state index is 13.5. The predicted octanol–water partition coefficient (Wildman–Crippen LogP) is 5.39. The fourth-order valence-corrected chi connectivity index (χ4v) is 6.41. The smallest absolute Gasteiger partial charge is 0.407 e. The van der Waals surface area contributed by atoms with Gasteiger partial charge in [0.25, 0.3) is 5.91 Å². The lowest BCUT2D eigenvalue weighted by atomic mass is 9.81. The molecule has 1 aliphatic carbocycles. The Morgan fingerprint density at radius 2 is 1.71 bits per heavy atom. The molecule has 1 saturated carbocycles. The zero-order chi connectivity index (χ0) is 30.1. The number of rotatable bonds is 12. The molecular weight excluding hydrogens is 530 g/mol. The van der Waals surface area contributed by atoms with Gasteiger partial charge < -0.3 is 30.3 Å². The molecule has 0 spiro atoms. The van der Waals surface area contributed by atoms with Gasteiger partial charge in [-0.15, -0.1) is 0 Å². The molecule has 42 heavy (non-hydrogen) atoms. The highest BCUT2D eigenvalue weighted by Crippen LogP contribution is 2.31. The first kappa shape index (κ1) is 32.0. The van der Waals surface area contributed by atoms with Gasteiger partial charge in [0.1, 0.15) is 5.82 Å². The minimum absolute atomic E-state index is 0.0428. The summed E-state index contributed by atoms with van der Waals surface area (Å²) in [5.74, 6) is 2.33. The molecule has 0 atom stereocenters. The van der Waals surface area contributed by atoms with E-state index in [-0.39, 0.29) is 5.91 Å². The second-order valence-corrected chi connectivity index (χ2v) is 13.2. The number of anilines is 1. The summed E-state index contributed by atoms with van der Waals surface area (Å²) in [6.07, 6.45) is 6.56. The van der Waals surface area contributed by atoms with E-state index < -0.39 is 11.6 Å². The number of methoxy groups -OCH3 is 1. The molecule has 0 radical (unpaired) electrons. The van der Waals surface area contributed by atoms with Gasteiger partial charge in [0.05, 0.1) is 17.7 Å². The van der Waals surface area contributed by atoms with Crippen molar-refractivity contribution in [2.24, 2.45) is 17.8 Å². The molecule has 0 unspecified atom stereocenters. The Bertz CT molecular complexity index is 1170. The van der Waals surface area contributed by atoms with Crippen molar-refractivity contribution in [3.8, 4) is 0 Å². The van der Waals surface area contributed by atoms with Gasteiger partial charge in [0.2, 0.25) is 0 Å². The monoisotopic (exact) mass is 581 g/mol. The van der Waals surface area contributed by atoms with Crippen molar-refractivity contribution in [3.05, 3.63) is 35.9 Å². The number of carbonyl (C=O) groups is 2. The highest BCUT2D eigenvalue weighted by atomic mass is 16.5. The molecule has 1 aromatic carbocycles. The fourth-order valence-electron chi connectivity index (χ4n) is 6.41. The Labute approximate surface area is 251 Å². The number of amides is 2. The standard InChI is InChI=1S/C33H51N5O4/c1-33(2,3)38(32(40)41)23-26-11-9-25(10-12-26)22-35-31(39)28-21-30(36-29-8-6-5-7-27(28)29)37-18-14-24(15-19-37)13-16-34-17-20-42-4/h5-8,21,24-26,34H,9-20,22-23H2,1-4H3,(H,35,39)(H,40,41)/t25-,26-. The van der Waals surface area contributed by atoms with Crippen molar-refractivity contribution in [1.82, 2.24) is 20.5 Å². The van der Waals surface area contributed by atoms with E-state index in [1.807, 2.05) is 51.1 Å². The van der Waals surface area contributed by atoms with Crippen molar-refractivity contribution in [1.29, 1.82) is 0 Å². The summed E-state index contributed by atoms with van der Waals surface area (Å²) in [4.78, 5) is 34.1. The molecule has 1 aliphatic heterocycles. The van der Waals surface area contributed by atoms with Crippen molar-refractivity contribution in [2.45, 2.75) is 71.3 Å². The molecule has 2 fully saturated rings. The highest BCUT2D eigenvalue weighted by molar-refractivity contribution is 6.07. The first-order chi connectivity index (χ1) is 20.2. The molecule has 0 bridgehead atoms. The van der Waals surface area contributed by atoms with Gasteiger partial charge >= 0.3 is 6.09 Å². The highest BCUT2D eigenvalue weighted by Gasteiger charge is 2.31. The normalized spacial score (nSPS) is 20.0. The van der Waals surface area contributed by atoms with Crippen LogP contribution in [0.5, 0.6) is 0 Å². The van der Waals surface area contributed by atoms with Crippen molar-refractivity contribution < 1.29 is 19.4 Å². The number of carbonyl (C=O) groups excluding carboxylic acids is 1. The van der Waals surface area contributed by atoms with Crippen molar-refractivity contribution >= 4 is 28.7 Å². The van der Waals surface area contributed by atoms with Gasteiger partial charge in [0.15, 0.2) is 0 Å². The van der Waals surface area contributed by atoms with E-state index in [1.165, 1.54) is 6.42 Å². The summed E-state index contributed by atoms with van der Waals surface area (Å²) in [5.41, 5.74) is 1.14. The minimum atomic E-state index is -0.851. The maximum Gasteiger partial charge on any atom is 0.407 e. The number of hydrogen-bond acceptors (Lipinski definition) is 6. The summed E-state index contributed by atoms with van der Waals surface area (Å²) >= 11 is 0. The number of nitrogens with one attached hydrogen (secondary N) is 2. The first-order valence-corrected chi connectivity index (χ1v) is 15.8. The summed E-state index contributed by atoms with van der Waals surface area (Å²) < 4.78 is 5.11. The summed E-state index contributed by atoms with van der Waals surface area (Å²) in [6.45, 7) is 11.6. The average Bonchev–Trinajstić information content (AvgIpc) is 2.98. The number of pyridine rings is 1. The number of piperidine rings is 1. The van der Waals surface area contributed by atoms with Crippen LogP contribution >= 0.6 is 0 Å². The van der Waals surface area contributed by atoms with Gasteiger partial charge in [0, 0.05) is 50.8 Å². The van der Waals surface area contributed by atoms with E-state index in [4.69, 9.17) is 9.72 Å². The van der Waals surface area contributed by atoms with E-state index in [2.05, 4.69) is 15.5 Å². The van der Waals surface area contributed by atoms with Crippen LogP contribution in [0.1, 0.15) is 76.1 Å². The Kier molecular flexibility index (Phi) is 11.4. The number of hydrogen-bond donors (Lipinski definition) is 3. The second-order valence-electron chi connectivity index (χ2n) is 13.2. The van der Waals surface area contributed by atoms with E-state index in [0.717, 1.165) is 88.0 Å². The van der Waals surface area contributed by atoms with Gasteiger partial charge in [-0.3, -0.25) is 4.79 Å². The van der Waals surface area contributed by atoms with Crippen LogP contribution < -0.4 is 15.5 Å². The van der Waals surface area contributed by atoms with Crippen LogP contribution in [-0.4, -0.2) is 85.5 Å². The molecule has 4 rings (SSSR count). The number of para-hydroxylation sites is 1. The maximum atomic E-state index is 13.5. The number of fused-ring (bicyclic) bond motifs is 1. The van der Waals surface area contributed by atoms with Gasteiger partial charge in [-0.05, 0) is 102 Å². The Morgan fingerprint density at radius 1 is 1.02 bits per heavy atom. The van der Waals surface area contributed by atoms with Gasteiger partial charge in [-0.2, -0.15) is 0 Å². The van der Waals surface area contributed by atoms with E-state index >= 15 is 0 Å². The van der Waals surface area contributed by atoms with Crippen LogP contribution in [-0.2, 0) is 4.74 Å². The van der Waals surface area contributed by atoms with Crippen LogP contribution in [0.4, 0.5) is 10.6 Å². The molecule has 3 N–H and O–H groups in total. The lowest BCUT2D eigenvalue weighted by molar-refractivity contribution is 0.0786. The van der Waals surface area contributed by atoms with Gasteiger partial charge in [-0.1, -0.05) is 18.2 Å². The molecule has 2 aromatic rings. The van der Waals surface area contributed by atoms with Crippen LogP contribution in [0.25, 0.3) is 10.9 Å². The van der Waals surface area contributed by atoms with Crippen molar-refractivity contribution in [3.63, 3.8) is 0 Å². The zero-order valence-corrected chi connectivity index (χ0v) is 26.0. The second kappa shape index (κ2) is 15.0. The largest absolute Gasteiger partial charge is 0.465 e. The molecule has 9 heteroatoms. The quantitative estimate of drug-likeness (QED) is 0.289. The van der Waals surface area contributed by atoms with Crippen LogP contribution in [0.15, 0.2) is 30.3 Å². The number of carboxylic acid groups (broad SMARTS) is 1. The zero-order valence-electron chi connectivity index (χ0n) is 26.0. The van der Waals surface area contributed by atoms with E-state index in [1.54, 1.807) is 12.0 Å². The van der Waals surface area contributed by atoms with Crippen LogP contribution in [0.3, 0.4) is 0 Å². The lowest BCUT2D eigenvalue weighted by Gasteiger charge is -2.38. The molecule has 232 valence electrons. The molecular formula is C33H51N5O4. The SMILES string of the molecule is COCCNCCC1CCN(c2cc(C(=O)NC[C@H]3CC[C@H](CN(C(=O)O)C(C)(C)C)CC3)c3ccccc3n2)CC1. The first-order valence-electron chi connectivity index (χ1n) is 15.8. The molecule has 2 aliphatic rings. The summed E-state index contributed by atoms with van der Waals surface area (Å²) in [5, 5.41) is 17.2. The third-order valence-corrected chi connectivity index (χ3v) is 9.10. The molecule has 2 heterocycles. The molecule has 9 nitrogen and oxygen atoms in total. The van der Waals surface area contributed by atoms with Crippen LogP contribution in [0, 0.1) is 17.8 Å². The lowest BCUT2D eigenvalue weighted by Crippen LogP contribution is -2.47. The number of benzene rings is 1. The topological polar surface area (TPSA) is 107 Å². The minimum Gasteiger partial charge on any atom is -0.465 e. The Balaban J connectivity index is 1.31. The Morgan fingerprint density at radius 3 is 2.38 bits per heavy atom. The summed E-state index contributed by atoms with van der Waals surface area (Å²) in [6, 6.07) is 9.90. The van der Waals surface area contributed by atoms with Gasteiger partial charge in [-0.25, -0.2) is 9.78 Å². The summed E-state index contributed by atoms with van der Waals surface area (Å²) in [7, 11) is 1.73. The molecule has 1 saturated heterocycles. The number of aromatic nitrogens is 1. The fraction of sp³-hybridized carbons (Fsp3) is 0.667. The average molecular weight is 582 g/mol. The third-order valence-electron chi connectivity index (χ3n) is 9.10. The number of nitrogens with zero attached hydrogens (tertiary/aromatic N) is 3.